The maximum absolute atomic E-state index is 11.6. The summed E-state index contributed by atoms with van der Waals surface area (Å²) in [5.74, 6) is 0.552. The van der Waals surface area contributed by atoms with Crippen molar-refractivity contribution in [3.63, 3.8) is 0 Å². The molecule has 0 aliphatic carbocycles. The first kappa shape index (κ1) is 22.1. The van der Waals surface area contributed by atoms with Crippen LogP contribution in [0.1, 0.15) is 35.6 Å². The van der Waals surface area contributed by atoms with Crippen molar-refractivity contribution < 1.29 is 14.6 Å². The van der Waals surface area contributed by atoms with Gasteiger partial charge >= 0.3 is 5.97 Å². The van der Waals surface area contributed by atoms with Crippen molar-refractivity contribution in [3.8, 4) is 16.9 Å². The standard InChI is InChI=1S/C28H31NO3/c1-19-14-26(28(30)31)29(16-19)17-22-12-13-27(20(2)15-22)32-18-24-10-7-11-25(21(24)3)23-8-5-4-6-9-23/h4-13,15,19,26H,14,16-18H2,1-3H3,(H,30,31)/t19-,26?/m1/s1. The summed E-state index contributed by atoms with van der Waals surface area (Å²) in [5, 5.41) is 9.51. The predicted octanol–water partition coefficient (Wildman–Crippen LogP) is 5.84. The van der Waals surface area contributed by atoms with Crippen LogP contribution in [0.4, 0.5) is 0 Å². The van der Waals surface area contributed by atoms with Gasteiger partial charge in [0, 0.05) is 13.1 Å². The molecule has 0 radical (unpaired) electrons. The summed E-state index contributed by atoms with van der Waals surface area (Å²) < 4.78 is 6.19. The molecule has 1 fully saturated rings. The van der Waals surface area contributed by atoms with Gasteiger partial charge in [-0.25, -0.2) is 0 Å². The minimum absolute atomic E-state index is 0.388. The molecule has 0 bridgehead atoms. The number of carbonyl (C=O) groups is 1. The summed E-state index contributed by atoms with van der Waals surface area (Å²) >= 11 is 0. The summed E-state index contributed by atoms with van der Waals surface area (Å²) in [4.78, 5) is 13.6. The van der Waals surface area contributed by atoms with Gasteiger partial charge in [-0.1, -0.05) is 67.6 Å². The first-order valence-electron chi connectivity index (χ1n) is 11.3. The van der Waals surface area contributed by atoms with Gasteiger partial charge in [0.25, 0.3) is 0 Å². The summed E-state index contributed by atoms with van der Waals surface area (Å²) in [6, 6.07) is 22.6. The van der Waals surface area contributed by atoms with Crippen molar-refractivity contribution >= 4 is 5.97 Å². The molecular formula is C28H31NO3. The Morgan fingerprint density at radius 1 is 1.06 bits per heavy atom. The second kappa shape index (κ2) is 9.58. The minimum atomic E-state index is -0.723. The number of hydrogen-bond donors (Lipinski definition) is 1. The third kappa shape index (κ3) is 4.86. The van der Waals surface area contributed by atoms with Crippen LogP contribution in [0, 0.1) is 19.8 Å². The Labute approximate surface area is 190 Å². The van der Waals surface area contributed by atoms with Crippen LogP contribution >= 0.6 is 0 Å². The molecular weight excluding hydrogens is 398 g/mol. The molecule has 1 aliphatic rings. The number of nitrogens with zero attached hydrogens (tertiary/aromatic N) is 1. The van der Waals surface area contributed by atoms with Gasteiger partial charge in [0.15, 0.2) is 0 Å². The van der Waals surface area contributed by atoms with E-state index in [4.69, 9.17) is 4.74 Å². The predicted molar refractivity (Wildman–Crippen MR) is 128 cm³/mol. The molecule has 1 unspecified atom stereocenters. The van der Waals surface area contributed by atoms with Crippen LogP contribution in [0.3, 0.4) is 0 Å². The summed E-state index contributed by atoms with van der Waals surface area (Å²) in [6.07, 6.45) is 0.719. The molecule has 1 heterocycles. The Morgan fingerprint density at radius 2 is 1.84 bits per heavy atom. The normalized spacial score (nSPS) is 18.6. The van der Waals surface area contributed by atoms with Crippen LogP contribution < -0.4 is 4.74 Å². The summed E-state index contributed by atoms with van der Waals surface area (Å²) in [5.41, 5.74) is 7.03. The number of likely N-dealkylation sites (tertiary alicyclic amines) is 1. The molecule has 4 nitrogen and oxygen atoms in total. The van der Waals surface area contributed by atoms with Gasteiger partial charge in [0.05, 0.1) is 0 Å². The quantitative estimate of drug-likeness (QED) is 0.512. The molecule has 0 spiro atoms. The largest absolute Gasteiger partial charge is 0.489 e. The fourth-order valence-corrected chi connectivity index (χ4v) is 4.70. The van der Waals surface area contributed by atoms with E-state index >= 15 is 0 Å². The average Bonchev–Trinajstić information content (AvgIpc) is 3.15. The third-order valence-corrected chi connectivity index (χ3v) is 6.44. The number of rotatable bonds is 7. The Bertz CT molecular complexity index is 1090. The van der Waals surface area contributed by atoms with E-state index in [0.29, 0.717) is 19.1 Å². The lowest BCUT2D eigenvalue weighted by Crippen LogP contribution is -2.35. The van der Waals surface area contributed by atoms with Crippen molar-refractivity contribution in [2.45, 2.75) is 46.4 Å². The van der Waals surface area contributed by atoms with Crippen molar-refractivity contribution in [2.75, 3.05) is 6.54 Å². The number of ether oxygens (including phenoxy) is 1. The molecule has 0 amide bonds. The van der Waals surface area contributed by atoms with Crippen molar-refractivity contribution in [2.24, 2.45) is 5.92 Å². The molecule has 0 aromatic heterocycles. The minimum Gasteiger partial charge on any atom is -0.489 e. The van der Waals surface area contributed by atoms with Crippen LogP contribution in [-0.2, 0) is 17.9 Å². The fourth-order valence-electron chi connectivity index (χ4n) is 4.70. The van der Waals surface area contributed by atoms with Crippen molar-refractivity contribution in [3.05, 3.63) is 89.0 Å². The van der Waals surface area contributed by atoms with Gasteiger partial charge in [0.1, 0.15) is 18.4 Å². The number of hydrogen-bond acceptors (Lipinski definition) is 3. The molecule has 1 N–H and O–H groups in total. The number of aliphatic carboxylic acids is 1. The topological polar surface area (TPSA) is 49.8 Å². The molecule has 32 heavy (non-hydrogen) atoms. The second-order valence-electron chi connectivity index (χ2n) is 8.97. The van der Waals surface area contributed by atoms with E-state index in [9.17, 15) is 9.90 Å². The second-order valence-corrected chi connectivity index (χ2v) is 8.97. The zero-order valence-corrected chi connectivity index (χ0v) is 19.0. The van der Waals surface area contributed by atoms with Crippen molar-refractivity contribution in [1.82, 2.24) is 4.90 Å². The van der Waals surface area contributed by atoms with E-state index in [-0.39, 0.29) is 6.04 Å². The summed E-state index contributed by atoms with van der Waals surface area (Å²) in [6.45, 7) is 8.30. The lowest BCUT2D eigenvalue weighted by molar-refractivity contribution is -0.142. The van der Waals surface area contributed by atoms with Gasteiger partial charge in [-0.05, 0) is 65.6 Å². The molecule has 3 aromatic carbocycles. The van der Waals surface area contributed by atoms with E-state index in [1.165, 1.54) is 22.3 Å². The van der Waals surface area contributed by atoms with Crippen LogP contribution in [0.25, 0.3) is 11.1 Å². The van der Waals surface area contributed by atoms with Crippen LogP contribution in [0.15, 0.2) is 66.7 Å². The highest BCUT2D eigenvalue weighted by molar-refractivity contribution is 5.74. The van der Waals surface area contributed by atoms with E-state index < -0.39 is 5.97 Å². The van der Waals surface area contributed by atoms with Crippen LogP contribution in [0.2, 0.25) is 0 Å². The zero-order chi connectivity index (χ0) is 22.7. The molecule has 1 saturated heterocycles. The highest BCUT2D eigenvalue weighted by Gasteiger charge is 2.34. The van der Waals surface area contributed by atoms with Gasteiger partial charge in [-0.15, -0.1) is 0 Å². The Morgan fingerprint density at radius 3 is 2.56 bits per heavy atom. The maximum Gasteiger partial charge on any atom is 0.320 e. The monoisotopic (exact) mass is 429 g/mol. The first-order valence-corrected chi connectivity index (χ1v) is 11.3. The molecule has 0 saturated carbocycles. The lowest BCUT2D eigenvalue weighted by Gasteiger charge is -2.21. The Hall–Kier alpha value is -3.11. The molecule has 4 rings (SSSR count). The van der Waals surface area contributed by atoms with Gasteiger partial charge in [-0.2, -0.15) is 0 Å². The molecule has 2 atom stereocenters. The van der Waals surface area contributed by atoms with Gasteiger partial charge < -0.3 is 9.84 Å². The van der Waals surface area contributed by atoms with Gasteiger partial charge in [0.2, 0.25) is 0 Å². The number of carboxylic acid groups (broad SMARTS) is 1. The van der Waals surface area contributed by atoms with E-state index in [2.05, 4.69) is 73.3 Å². The molecule has 3 aromatic rings. The lowest BCUT2D eigenvalue weighted by atomic mass is 9.97. The van der Waals surface area contributed by atoms with E-state index in [0.717, 1.165) is 29.8 Å². The molecule has 1 aliphatic heterocycles. The molecule has 166 valence electrons. The SMILES string of the molecule is Cc1cc(CN2C[C@H](C)CC2C(=O)O)ccc1OCc1cccc(-c2ccccc2)c1C. The maximum atomic E-state index is 11.6. The third-order valence-electron chi connectivity index (χ3n) is 6.44. The smallest absolute Gasteiger partial charge is 0.320 e. The van der Waals surface area contributed by atoms with E-state index in [1.54, 1.807) is 0 Å². The van der Waals surface area contributed by atoms with Crippen molar-refractivity contribution in [1.29, 1.82) is 0 Å². The first-order chi connectivity index (χ1) is 15.4. The Balaban J connectivity index is 1.44. The molecule has 4 heteroatoms. The van der Waals surface area contributed by atoms with E-state index in [1.807, 2.05) is 19.1 Å². The number of aryl methyl sites for hydroxylation is 1. The van der Waals surface area contributed by atoms with Crippen LogP contribution in [-0.4, -0.2) is 28.6 Å². The fraction of sp³-hybridized carbons (Fsp3) is 0.321. The highest BCUT2D eigenvalue weighted by Crippen LogP contribution is 2.29. The number of carboxylic acids is 1. The highest BCUT2D eigenvalue weighted by atomic mass is 16.5. The average molecular weight is 430 g/mol. The van der Waals surface area contributed by atoms with Crippen LogP contribution in [0.5, 0.6) is 5.75 Å². The Kier molecular flexibility index (Phi) is 6.61. The zero-order valence-electron chi connectivity index (χ0n) is 19.0. The summed E-state index contributed by atoms with van der Waals surface area (Å²) in [7, 11) is 0. The number of benzene rings is 3. The van der Waals surface area contributed by atoms with Gasteiger partial charge in [-0.3, -0.25) is 9.69 Å².